The second kappa shape index (κ2) is 9.38. The number of rotatable bonds is 8. The quantitative estimate of drug-likeness (QED) is 0.311. The van der Waals surface area contributed by atoms with Crippen molar-refractivity contribution in [1.82, 2.24) is 0 Å². The molecule has 116 valence electrons. The second-order valence-electron chi connectivity index (χ2n) is 4.52. The lowest BCUT2D eigenvalue weighted by Crippen LogP contribution is -1.89. The zero-order valence-electron chi connectivity index (χ0n) is 12.7. The van der Waals surface area contributed by atoms with Crippen LogP contribution in [0, 0.1) is 6.92 Å². The van der Waals surface area contributed by atoms with Crippen molar-refractivity contribution in [2.24, 2.45) is 10.3 Å². The van der Waals surface area contributed by atoms with E-state index in [0.717, 1.165) is 17.2 Å². The Kier molecular flexibility index (Phi) is 7.12. The summed E-state index contributed by atoms with van der Waals surface area (Å²) in [7, 11) is 5.17. The van der Waals surface area contributed by atoms with Crippen LogP contribution < -0.4 is 10.2 Å². The summed E-state index contributed by atoms with van der Waals surface area (Å²) in [6.45, 7) is 2.75. The number of benzene rings is 2. The molecule has 2 aromatic rings. The summed E-state index contributed by atoms with van der Waals surface area (Å²) in [6.07, 6.45) is 0. The van der Waals surface area contributed by atoms with Crippen molar-refractivity contribution in [3.63, 3.8) is 0 Å². The number of methoxy groups -OCH3 is 1. The Balaban J connectivity index is 1.60. The molecule has 0 radical (unpaired) electrons. The van der Waals surface area contributed by atoms with E-state index in [-0.39, 0.29) is 0 Å². The predicted octanol–water partition coefficient (Wildman–Crippen LogP) is 5.22. The normalized spacial score (nSPS) is 10.8. The van der Waals surface area contributed by atoms with Gasteiger partial charge >= 0.3 is 0 Å². The Morgan fingerprint density at radius 2 is 1.77 bits per heavy atom. The Labute approximate surface area is 139 Å². The SMILES string of the molecule is COc1ccc(SSCCN=NNc2ccc(C)cc2)cc1. The molecule has 0 atom stereocenters. The summed E-state index contributed by atoms with van der Waals surface area (Å²) >= 11 is 0. The molecule has 0 aliphatic rings. The zero-order chi connectivity index (χ0) is 15.6. The number of hydrogen-bond donors (Lipinski definition) is 1. The van der Waals surface area contributed by atoms with E-state index in [1.165, 1.54) is 10.5 Å². The van der Waals surface area contributed by atoms with Gasteiger partial charge in [-0.3, -0.25) is 5.43 Å². The van der Waals surface area contributed by atoms with Gasteiger partial charge in [0.15, 0.2) is 0 Å². The van der Waals surface area contributed by atoms with E-state index in [4.69, 9.17) is 4.74 Å². The molecule has 0 saturated heterocycles. The topological polar surface area (TPSA) is 46.0 Å². The smallest absolute Gasteiger partial charge is 0.118 e. The average molecular weight is 333 g/mol. The number of anilines is 1. The summed E-state index contributed by atoms with van der Waals surface area (Å²) in [5.74, 6) is 1.79. The molecule has 2 rings (SSSR count). The van der Waals surface area contributed by atoms with Gasteiger partial charge < -0.3 is 4.74 Å². The van der Waals surface area contributed by atoms with Gasteiger partial charge in [0, 0.05) is 10.6 Å². The third kappa shape index (κ3) is 5.99. The molecule has 1 N–H and O–H groups in total. The Morgan fingerprint density at radius 3 is 2.45 bits per heavy atom. The fourth-order valence-electron chi connectivity index (χ4n) is 1.59. The molecule has 0 aliphatic heterocycles. The fourth-order valence-corrected chi connectivity index (χ4v) is 3.43. The number of nitrogens with one attached hydrogen (secondary N) is 1. The summed E-state index contributed by atoms with van der Waals surface area (Å²) < 4.78 is 5.13. The molecule has 0 aromatic heterocycles. The average Bonchev–Trinajstić information content (AvgIpc) is 2.56. The third-order valence-electron chi connectivity index (χ3n) is 2.79. The molecule has 2 aromatic carbocycles. The minimum Gasteiger partial charge on any atom is -0.497 e. The summed E-state index contributed by atoms with van der Waals surface area (Å²) in [5.41, 5.74) is 5.11. The highest BCUT2D eigenvalue weighted by atomic mass is 33.1. The van der Waals surface area contributed by atoms with E-state index in [1.54, 1.807) is 28.7 Å². The maximum absolute atomic E-state index is 5.13. The summed E-state index contributed by atoms with van der Waals surface area (Å²) in [6, 6.07) is 16.1. The molecule has 4 nitrogen and oxygen atoms in total. The monoisotopic (exact) mass is 333 g/mol. The van der Waals surface area contributed by atoms with Gasteiger partial charge in [0.05, 0.1) is 19.3 Å². The van der Waals surface area contributed by atoms with Crippen molar-refractivity contribution in [3.05, 3.63) is 54.1 Å². The van der Waals surface area contributed by atoms with Gasteiger partial charge in [0.25, 0.3) is 0 Å². The molecule has 0 saturated carbocycles. The number of aryl methyl sites for hydroxylation is 1. The van der Waals surface area contributed by atoms with E-state index < -0.39 is 0 Å². The summed E-state index contributed by atoms with van der Waals surface area (Å²) in [4.78, 5) is 1.21. The van der Waals surface area contributed by atoms with Crippen molar-refractivity contribution >= 4 is 27.3 Å². The first-order valence-corrected chi connectivity index (χ1v) is 9.22. The van der Waals surface area contributed by atoms with Crippen molar-refractivity contribution in [2.75, 3.05) is 24.8 Å². The predicted molar refractivity (Wildman–Crippen MR) is 95.8 cm³/mol. The maximum Gasteiger partial charge on any atom is 0.118 e. The maximum atomic E-state index is 5.13. The molecular weight excluding hydrogens is 314 g/mol. The van der Waals surface area contributed by atoms with E-state index in [0.29, 0.717) is 6.54 Å². The van der Waals surface area contributed by atoms with Crippen molar-refractivity contribution < 1.29 is 4.74 Å². The standard InChI is InChI=1S/C16H19N3OS2/c1-13-3-5-14(6-4-13)18-19-17-11-12-21-22-16-9-7-15(20-2)8-10-16/h3-10H,11-12H2,1-2H3,(H,17,18). The van der Waals surface area contributed by atoms with Crippen LogP contribution in [0.5, 0.6) is 5.75 Å². The van der Waals surface area contributed by atoms with Crippen LogP contribution in [0.1, 0.15) is 5.56 Å². The van der Waals surface area contributed by atoms with E-state index >= 15 is 0 Å². The third-order valence-corrected chi connectivity index (χ3v) is 5.15. The molecule has 0 bridgehead atoms. The molecule has 0 aliphatic carbocycles. The lowest BCUT2D eigenvalue weighted by atomic mass is 10.2. The molecular formula is C16H19N3OS2. The Hall–Kier alpha value is -1.66. The first-order chi connectivity index (χ1) is 10.8. The first kappa shape index (κ1) is 16.7. The first-order valence-electron chi connectivity index (χ1n) is 6.90. The van der Waals surface area contributed by atoms with Crippen LogP contribution >= 0.6 is 21.6 Å². The van der Waals surface area contributed by atoms with Crippen LogP contribution in [0.3, 0.4) is 0 Å². The minimum absolute atomic E-state index is 0.687. The second-order valence-corrected chi connectivity index (χ2v) is 7.01. The van der Waals surface area contributed by atoms with Gasteiger partial charge in [0.2, 0.25) is 0 Å². The van der Waals surface area contributed by atoms with Crippen molar-refractivity contribution in [1.29, 1.82) is 0 Å². The highest BCUT2D eigenvalue weighted by Gasteiger charge is 1.96. The van der Waals surface area contributed by atoms with Crippen LogP contribution in [0.2, 0.25) is 0 Å². The van der Waals surface area contributed by atoms with Crippen molar-refractivity contribution in [3.8, 4) is 5.75 Å². The molecule has 0 spiro atoms. The van der Waals surface area contributed by atoms with Gasteiger partial charge in [-0.05, 0) is 43.3 Å². The van der Waals surface area contributed by atoms with E-state index in [1.807, 2.05) is 36.4 Å². The molecule has 0 fully saturated rings. The minimum atomic E-state index is 0.687. The van der Waals surface area contributed by atoms with Crippen LogP contribution in [0.25, 0.3) is 0 Å². The highest BCUT2D eigenvalue weighted by Crippen LogP contribution is 2.31. The van der Waals surface area contributed by atoms with Crippen LogP contribution in [0.15, 0.2) is 63.8 Å². The zero-order valence-corrected chi connectivity index (χ0v) is 14.3. The van der Waals surface area contributed by atoms with Gasteiger partial charge in [-0.1, -0.05) is 44.5 Å². The van der Waals surface area contributed by atoms with Crippen molar-refractivity contribution in [2.45, 2.75) is 11.8 Å². The van der Waals surface area contributed by atoms with E-state index in [9.17, 15) is 0 Å². The summed E-state index contributed by atoms with van der Waals surface area (Å²) in [5, 5.41) is 8.08. The fraction of sp³-hybridized carbons (Fsp3) is 0.250. The van der Waals surface area contributed by atoms with Gasteiger partial charge in [-0.2, -0.15) is 5.11 Å². The lowest BCUT2D eigenvalue weighted by Gasteiger charge is -2.02. The van der Waals surface area contributed by atoms with Crippen LogP contribution in [0.4, 0.5) is 5.69 Å². The lowest BCUT2D eigenvalue weighted by molar-refractivity contribution is 0.414. The van der Waals surface area contributed by atoms with Gasteiger partial charge in [0.1, 0.15) is 5.75 Å². The Morgan fingerprint density at radius 1 is 1.05 bits per heavy atom. The largest absolute Gasteiger partial charge is 0.497 e. The molecule has 0 heterocycles. The molecule has 0 amide bonds. The molecule has 6 heteroatoms. The number of hydrogen-bond acceptors (Lipinski definition) is 5. The Bertz CT molecular complexity index is 585. The number of nitrogens with zero attached hydrogens (tertiary/aromatic N) is 2. The van der Waals surface area contributed by atoms with Gasteiger partial charge in [-0.15, -0.1) is 0 Å². The van der Waals surface area contributed by atoms with Crippen LogP contribution in [-0.4, -0.2) is 19.4 Å². The molecule has 22 heavy (non-hydrogen) atoms. The van der Waals surface area contributed by atoms with Gasteiger partial charge in [-0.25, -0.2) is 0 Å². The van der Waals surface area contributed by atoms with Crippen LogP contribution in [-0.2, 0) is 0 Å². The molecule has 0 unspecified atom stereocenters. The van der Waals surface area contributed by atoms with E-state index in [2.05, 4.69) is 34.8 Å². The highest BCUT2D eigenvalue weighted by molar-refractivity contribution is 8.76. The number of ether oxygens (including phenoxy) is 1.